The van der Waals surface area contributed by atoms with Crippen molar-refractivity contribution in [2.24, 2.45) is 0 Å². The summed E-state index contributed by atoms with van der Waals surface area (Å²) in [7, 11) is 0. The maximum atomic E-state index is 13.0. The van der Waals surface area contributed by atoms with Gasteiger partial charge in [-0.05, 0) is 50.6 Å². The summed E-state index contributed by atoms with van der Waals surface area (Å²) in [4.78, 5) is 20.2. The van der Waals surface area contributed by atoms with Gasteiger partial charge in [0.25, 0.3) is 5.91 Å². The summed E-state index contributed by atoms with van der Waals surface area (Å²) in [5.41, 5.74) is 3.81. The van der Waals surface area contributed by atoms with Crippen LogP contribution >= 0.6 is 11.6 Å². The fourth-order valence-electron chi connectivity index (χ4n) is 3.68. The Morgan fingerprint density at radius 2 is 2.06 bits per heavy atom. The summed E-state index contributed by atoms with van der Waals surface area (Å²) in [6.07, 6.45) is 15.5. The number of nitrogens with zero attached hydrogens (tertiary/aromatic N) is 2. The van der Waals surface area contributed by atoms with Crippen molar-refractivity contribution >= 4 is 28.4 Å². The van der Waals surface area contributed by atoms with Crippen molar-refractivity contribution in [3.63, 3.8) is 0 Å². The number of carbonyl (C=O) groups is 1. The van der Waals surface area contributed by atoms with E-state index in [0.29, 0.717) is 31.1 Å². The van der Waals surface area contributed by atoms with E-state index < -0.39 is 0 Å². The van der Waals surface area contributed by atoms with Gasteiger partial charge in [-0.25, -0.2) is 0 Å². The Kier molecular flexibility index (Phi) is 11.4. The molecule has 1 aromatic heterocycles. The Morgan fingerprint density at radius 3 is 2.79 bits per heavy atom. The Hall–Kier alpha value is -2.92. The van der Waals surface area contributed by atoms with Crippen LogP contribution in [0, 0.1) is 0 Å². The molecule has 5 nitrogen and oxygen atoms in total. The average Bonchev–Trinajstić information content (AvgIpc) is 3.16. The van der Waals surface area contributed by atoms with Crippen LogP contribution in [0.15, 0.2) is 78.4 Å². The van der Waals surface area contributed by atoms with Crippen molar-refractivity contribution in [1.29, 1.82) is 0 Å². The van der Waals surface area contributed by atoms with Gasteiger partial charge in [0.15, 0.2) is 0 Å². The number of carbonyl (C=O) groups excluding carboxylic acids is 1. The Bertz CT molecular complexity index is 1000. The van der Waals surface area contributed by atoms with Crippen LogP contribution < -0.4 is 5.32 Å². The quantitative estimate of drug-likeness (QED) is 0.267. The van der Waals surface area contributed by atoms with Crippen molar-refractivity contribution in [2.75, 3.05) is 32.1 Å². The minimum Gasteiger partial charge on any atom is -0.382 e. The minimum atomic E-state index is 0.0477. The highest BCUT2D eigenvalue weighted by molar-refractivity contribution is 6.19. The fourth-order valence-corrected chi connectivity index (χ4v) is 3.83. The minimum absolute atomic E-state index is 0.0477. The molecule has 6 heteroatoms. The number of hydrogen-bond donors (Lipinski definition) is 2. The van der Waals surface area contributed by atoms with Gasteiger partial charge in [-0.3, -0.25) is 4.79 Å². The standard InChI is InChI=1S/C25H31ClN4O.C2H6/c1-3-22(24(11-13-26)30-16-7-5-6-8-17-30)28-15-18-29(4-2)25(31)21-9-10-23-20(19-21)12-14-27-23;1-2/h3,5,7-12,14,17,19,27-28H,4,6,13,15-16,18H2,1-2H3;1-2H3/b22-3+,24-11+;. The van der Waals surface area contributed by atoms with Crippen LogP contribution in [0.25, 0.3) is 10.9 Å². The molecule has 0 fully saturated rings. The van der Waals surface area contributed by atoms with E-state index in [1.54, 1.807) is 0 Å². The maximum Gasteiger partial charge on any atom is 0.253 e. The molecule has 2 heterocycles. The zero-order valence-electron chi connectivity index (χ0n) is 20.3. The third-order valence-corrected chi connectivity index (χ3v) is 5.49. The van der Waals surface area contributed by atoms with Crippen molar-refractivity contribution in [3.8, 4) is 0 Å². The molecule has 178 valence electrons. The summed E-state index contributed by atoms with van der Waals surface area (Å²) in [6.45, 7) is 10.7. The lowest BCUT2D eigenvalue weighted by atomic mass is 10.1. The number of allylic oxidation sites excluding steroid dienone is 4. The number of aromatic nitrogens is 1. The molecule has 33 heavy (non-hydrogen) atoms. The van der Waals surface area contributed by atoms with Crippen LogP contribution in [0.2, 0.25) is 0 Å². The molecule has 2 aromatic rings. The van der Waals surface area contributed by atoms with Gasteiger partial charge in [0, 0.05) is 60.9 Å². The van der Waals surface area contributed by atoms with Gasteiger partial charge in [0.05, 0.1) is 11.4 Å². The lowest BCUT2D eigenvalue weighted by Crippen LogP contribution is -2.37. The molecule has 0 unspecified atom stereocenters. The second-order valence-corrected chi connectivity index (χ2v) is 7.59. The number of aromatic amines is 1. The van der Waals surface area contributed by atoms with Gasteiger partial charge in [-0.2, -0.15) is 0 Å². The van der Waals surface area contributed by atoms with Crippen molar-refractivity contribution in [3.05, 3.63) is 84.0 Å². The maximum absolute atomic E-state index is 13.0. The van der Waals surface area contributed by atoms with Gasteiger partial charge < -0.3 is 20.1 Å². The summed E-state index contributed by atoms with van der Waals surface area (Å²) in [6, 6.07) is 7.77. The molecule has 0 spiro atoms. The normalized spacial score (nSPS) is 14.0. The van der Waals surface area contributed by atoms with E-state index in [1.807, 2.05) is 69.1 Å². The van der Waals surface area contributed by atoms with E-state index in [4.69, 9.17) is 11.6 Å². The number of hydrogen-bond acceptors (Lipinski definition) is 3. The van der Waals surface area contributed by atoms with Crippen LogP contribution in [0.1, 0.15) is 44.5 Å². The van der Waals surface area contributed by atoms with E-state index in [0.717, 1.165) is 35.3 Å². The first-order valence-corrected chi connectivity index (χ1v) is 12.3. The predicted molar refractivity (Wildman–Crippen MR) is 141 cm³/mol. The van der Waals surface area contributed by atoms with Gasteiger partial charge in [-0.15, -0.1) is 11.6 Å². The zero-order chi connectivity index (χ0) is 24.1. The molecule has 3 rings (SSSR count). The Morgan fingerprint density at radius 1 is 1.24 bits per heavy atom. The summed E-state index contributed by atoms with van der Waals surface area (Å²) in [5, 5.41) is 4.55. The molecule has 1 amide bonds. The van der Waals surface area contributed by atoms with Crippen molar-refractivity contribution in [2.45, 2.75) is 34.1 Å². The number of alkyl halides is 1. The first-order valence-electron chi connectivity index (χ1n) is 11.8. The van der Waals surface area contributed by atoms with Gasteiger partial charge in [0.1, 0.15) is 0 Å². The molecule has 0 saturated heterocycles. The van der Waals surface area contributed by atoms with E-state index in [-0.39, 0.29) is 5.91 Å². The second-order valence-electron chi connectivity index (χ2n) is 7.28. The number of fused-ring (bicyclic) bond motifs is 1. The average molecular weight is 469 g/mol. The third-order valence-electron chi connectivity index (χ3n) is 5.34. The van der Waals surface area contributed by atoms with Crippen molar-refractivity contribution < 1.29 is 4.79 Å². The largest absolute Gasteiger partial charge is 0.382 e. The molecule has 0 bridgehead atoms. The molecular weight excluding hydrogens is 432 g/mol. The van der Waals surface area contributed by atoms with E-state index in [1.165, 1.54) is 0 Å². The van der Waals surface area contributed by atoms with Crippen LogP contribution in [0.4, 0.5) is 0 Å². The first kappa shape index (κ1) is 26.3. The third kappa shape index (κ3) is 7.29. The monoisotopic (exact) mass is 468 g/mol. The number of likely N-dealkylation sites (N-methyl/N-ethyl adjacent to an activating group) is 1. The topological polar surface area (TPSA) is 51.4 Å². The lowest BCUT2D eigenvalue weighted by molar-refractivity contribution is 0.0766. The van der Waals surface area contributed by atoms with E-state index in [2.05, 4.69) is 45.7 Å². The Labute approximate surface area is 203 Å². The second kappa shape index (κ2) is 14.3. The SMILES string of the molecule is C/C=C(NCCN(CC)C(=O)c1ccc2[nH]ccc2c1)\C(=C/CCl)N1C=CCC=CC1.CC. The highest BCUT2D eigenvalue weighted by atomic mass is 35.5. The highest BCUT2D eigenvalue weighted by Crippen LogP contribution is 2.18. The summed E-state index contributed by atoms with van der Waals surface area (Å²) < 4.78 is 0. The number of halogens is 1. The Balaban J connectivity index is 0.00000187. The first-order chi connectivity index (χ1) is 16.2. The molecule has 2 N–H and O–H groups in total. The van der Waals surface area contributed by atoms with Crippen LogP contribution in [-0.2, 0) is 0 Å². The fraction of sp³-hybridized carbons (Fsp3) is 0.370. The molecule has 1 aliphatic rings. The van der Waals surface area contributed by atoms with Gasteiger partial charge in [0.2, 0.25) is 0 Å². The number of H-pyrrole nitrogens is 1. The number of benzene rings is 1. The van der Waals surface area contributed by atoms with Crippen LogP contribution in [0.3, 0.4) is 0 Å². The molecule has 0 radical (unpaired) electrons. The zero-order valence-corrected chi connectivity index (χ0v) is 21.0. The van der Waals surface area contributed by atoms with Crippen LogP contribution in [-0.4, -0.2) is 52.8 Å². The van der Waals surface area contributed by atoms with E-state index in [9.17, 15) is 4.79 Å². The predicted octanol–water partition coefficient (Wildman–Crippen LogP) is 6.05. The lowest BCUT2D eigenvalue weighted by Gasteiger charge is -2.26. The van der Waals surface area contributed by atoms with Crippen molar-refractivity contribution in [1.82, 2.24) is 20.1 Å². The molecule has 1 aromatic carbocycles. The molecule has 0 atom stereocenters. The number of nitrogens with one attached hydrogen (secondary N) is 2. The van der Waals surface area contributed by atoms with E-state index >= 15 is 0 Å². The smallest absolute Gasteiger partial charge is 0.253 e. The van der Waals surface area contributed by atoms with Crippen LogP contribution in [0.5, 0.6) is 0 Å². The molecule has 0 aliphatic carbocycles. The van der Waals surface area contributed by atoms with Gasteiger partial charge in [-0.1, -0.05) is 38.2 Å². The molecule has 1 aliphatic heterocycles. The number of amides is 1. The van der Waals surface area contributed by atoms with Gasteiger partial charge >= 0.3 is 0 Å². The summed E-state index contributed by atoms with van der Waals surface area (Å²) in [5.74, 6) is 0.482. The summed E-state index contributed by atoms with van der Waals surface area (Å²) >= 11 is 6.05. The highest BCUT2D eigenvalue weighted by Gasteiger charge is 2.16. The number of rotatable bonds is 9. The molecular formula is C27H37ClN4O. The molecule has 0 saturated carbocycles.